The van der Waals surface area contributed by atoms with Gasteiger partial charge in [-0.05, 0) is 24.6 Å². The highest BCUT2D eigenvalue weighted by atomic mass is 16.1. The second-order valence-corrected chi connectivity index (χ2v) is 5.04. The maximum atomic E-state index is 12.0. The first-order valence-electron chi connectivity index (χ1n) is 6.64. The molecule has 0 unspecified atom stereocenters. The van der Waals surface area contributed by atoms with Crippen LogP contribution in [0.15, 0.2) is 29.2 Å². The molecular formula is C14H18N4O. The van der Waals surface area contributed by atoms with Crippen molar-refractivity contribution in [3.05, 3.63) is 46.0 Å². The molecule has 0 spiro atoms. The van der Waals surface area contributed by atoms with Gasteiger partial charge in [0.1, 0.15) is 5.65 Å². The highest BCUT2D eigenvalue weighted by Gasteiger charge is 2.11. The number of aromatic nitrogens is 2. The van der Waals surface area contributed by atoms with Crippen molar-refractivity contribution in [1.82, 2.24) is 19.6 Å². The Morgan fingerprint density at radius 1 is 1.32 bits per heavy atom. The molecule has 1 aliphatic heterocycles. The van der Waals surface area contributed by atoms with Gasteiger partial charge in [0.15, 0.2) is 0 Å². The number of nitrogens with zero attached hydrogens (tertiary/aromatic N) is 3. The van der Waals surface area contributed by atoms with Crippen molar-refractivity contribution >= 4 is 5.65 Å². The quantitative estimate of drug-likeness (QED) is 0.847. The standard InChI is InChI=1S/C14H18N4O/c1-11-2-5-18-13(8-11)16-12(9-14(18)19)10-17-6-3-15-4-7-17/h2,5,8-9,15H,3-4,6-7,10H2,1H3. The monoisotopic (exact) mass is 258 g/mol. The summed E-state index contributed by atoms with van der Waals surface area (Å²) in [6.07, 6.45) is 1.79. The summed E-state index contributed by atoms with van der Waals surface area (Å²) >= 11 is 0. The Morgan fingerprint density at radius 2 is 2.11 bits per heavy atom. The van der Waals surface area contributed by atoms with Crippen molar-refractivity contribution < 1.29 is 0 Å². The Hall–Kier alpha value is -1.72. The Kier molecular flexibility index (Phi) is 3.31. The molecule has 1 saturated heterocycles. The predicted molar refractivity (Wildman–Crippen MR) is 74.3 cm³/mol. The molecule has 0 amide bonds. The smallest absolute Gasteiger partial charge is 0.258 e. The van der Waals surface area contributed by atoms with E-state index in [1.807, 2.05) is 19.1 Å². The van der Waals surface area contributed by atoms with Gasteiger partial charge in [-0.15, -0.1) is 0 Å². The first-order valence-corrected chi connectivity index (χ1v) is 6.64. The second kappa shape index (κ2) is 5.11. The zero-order valence-corrected chi connectivity index (χ0v) is 11.1. The number of aryl methyl sites for hydroxylation is 1. The number of rotatable bonds is 2. The van der Waals surface area contributed by atoms with Crippen LogP contribution in [-0.4, -0.2) is 40.5 Å². The van der Waals surface area contributed by atoms with Gasteiger partial charge in [-0.1, -0.05) is 0 Å². The minimum absolute atomic E-state index is 0.00451. The van der Waals surface area contributed by atoms with Crippen LogP contribution in [0, 0.1) is 6.92 Å². The summed E-state index contributed by atoms with van der Waals surface area (Å²) in [5.41, 5.74) is 2.71. The van der Waals surface area contributed by atoms with Crippen molar-refractivity contribution in [3.8, 4) is 0 Å². The van der Waals surface area contributed by atoms with E-state index >= 15 is 0 Å². The number of piperazine rings is 1. The van der Waals surface area contributed by atoms with Crippen molar-refractivity contribution in [2.75, 3.05) is 26.2 Å². The molecule has 0 atom stereocenters. The zero-order chi connectivity index (χ0) is 13.2. The summed E-state index contributed by atoms with van der Waals surface area (Å²) < 4.78 is 1.59. The largest absolute Gasteiger partial charge is 0.314 e. The minimum Gasteiger partial charge on any atom is -0.314 e. The van der Waals surface area contributed by atoms with Gasteiger partial charge in [-0.25, -0.2) is 4.98 Å². The average Bonchev–Trinajstić information content (AvgIpc) is 2.39. The number of fused-ring (bicyclic) bond motifs is 1. The predicted octanol–water partition coefficient (Wildman–Crippen LogP) is 0.408. The Labute approximate surface area is 111 Å². The Balaban J connectivity index is 1.93. The van der Waals surface area contributed by atoms with Gasteiger partial charge in [0.25, 0.3) is 5.56 Å². The first kappa shape index (κ1) is 12.3. The zero-order valence-electron chi connectivity index (χ0n) is 11.1. The maximum Gasteiger partial charge on any atom is 0.258 e. The molecule has 0 radical (unpaired) electrons. The van der Waals surface area contributed by atoms with Crippen LogP contribution in [-0.2, 0) is 6.54 Å². The lowest BCUT2D eigenvalue weighted by molar-refractivity contribution is 0.231. The third-order valence-electron chi connectivity index (χ3n) is 3.47. The fraction of sp³-hybridized carbons (Fsp3) is 0.429. The highest BCUT2D eigenvalue weighted by Crippen LogP contribution is 2.05. The van der Waals surface area contributed by atoms with E-state index in [2.05, 4.69) is 15.2 Å². The van der Waals surface area contributed by atoms with Gasteiger partial charge >= 0.3 is 0 Å². The molecule has 3 rings (SSSR count). The van der Waals surface area contributed by atoms with Gasteiger partial charge in [-0.3, -0.25) is 14.1 Å². The van der Waals surface area contributed by atoms with Crippen LogP contribution >= 0.6 is 0 Å². The summed E-state index contributed by atoms with van der Waals surface area (Å²) in [6.45, 7) is 6.79. The van der Waals surface area contributed by atoms with Crippen LogP contribution in [0.3, 0.4) is 0 Å². The molecule has 5 heteroatoms. The lowest BCUT2D eigenvalue weighted by atomic mass is 10.2. The minimum atomic E-state index is -0.00451. The lowest BCUT2D eigenvalue weighted by Crippen LogP contribution is -2.43. The number of nitrogens with one attached hydrogen (secondary N) is 1. The molecular weight excluding hydrogens is 240 g/mol. The summed E-state index contributed by atoms with van der Waals surface area (Å²) in [7, 11) is 0. The fourth-order valence-electron chi connectivity index (χ4n) is 2.43. The molecule has 2 aromatic rings. The summed E-state index contributed by atoms with van der Waals surface area (Å²) in [5.74, 6) is 0. The van der Waals surface area contributed by atoms with Crippen LogP contribution in [0.5, 0.6) is 0 Å². The molecule has 100 valence electrons. The lowest BCUT2D eigenvalue weighted by Gasteiger charge is -2.26. The first-order chi connectivity index (χ1) is 9.22. The van der Waals surface area contributed by atoms with Gasteiger partial charge in [0.05, 0.1) is 5.69 Å². The van der Waals surface area contributed by atoms with E-state index in [1.54, 1.807) is 16.7 Å². The van der Waals surface area contributed by atoms with Crippen LogP contribution in [0.2, 0.25) is 0 Å². The number of pyridine rings is 1. The summed E-state index contributed by atoms with van der Waals surface area (Å²) in [4.78, 5) is 19.0. The fourth-order valence-corrected chi connectivity index (χ4v) is 2.43. The Bertz CT molecular complexity index is 643. The molecule has 0 saturated carbocycles. The maximum absolute atomic E-state index is 12.0. The summed E-state index contributed by atoms with van der Waals surface area (Å²) in [5, 5.41) is 3.32. The SMILES string of the molecule is Cc1ccn2c(=O)cc(CN3CCNCC3)nc2c1. The van der Waals surface area contributed by atoms with E-state index in [0.717, 1.165) is 49.6 Å². The van der Waals surface area contributed by atoms with E-state index in [-0.39, 0.29) is 5.56 Å². The van der Waals surface area contributed by atoms with Crippen molar-refractivity contribution in [3.63, 3.8) is 0 Å². The van der Waals surface area contributed by atoms with Crippen LogP contribution in [0.25, 0.3) is 5.65 Å². The molecule has 1 aliphatic rings. The van der Waals surface area contributed by atoms with Crippen LogP contribution < -0.4 is 10.9 Å². The van der Waals surface area contributed by atoms with Crippen LogP contribution in [0.4, 0.5) is 0 Å². The molecule has 0 bridgehead atoms. The average molecular weight is 258 g/mol. The Morgan fingerprint density at radius 3 is 2.89 bits per heavy atom. The number of hydrogen-bond donors (Lipinski definition) is 1. The van der Waals surface area contributed by atoms with E-state index in [0.29, 0.717) is 0 Å². The van der Waals surface area contributed by atoms with Gasteiger partial charge in [0.2, 0.25) is 0 Å². The molecule has 19 heavy (non-hydrogen) atoms. The third-order valence-corrected chi connectivity index (χ3v) is 3.47. The van der Waals surface area contributed by atoms with Gasteiger partial charge in [0, 0.05) is 45.0 Å². The third kappa shape index (κ3) is 2.67. The second-order valence-electron chi connectivity index (χ2n) is 5.04. The molecule has 1 fully saturated rings. The molecule has 5 nitrogen and oxygen atoms in total. The van der Waals surface area contributed by atoms with E-state index in [9.17, 15) is 4.79 Å². The molecule has 1 N–H and O–H groups in total. The topological polar surface area (TPSA) is 49.6 Å². The van der Waals surface area contributed by atoms with Crippen molar-refractivity contribution in [2.24, 2.45) is 0 Å². The molecule has 0 aromatic carbocycles. The molecule has 2 aromatic heterocycles. The molecule has 0 aliphatic carbocycles. The van der Waals surface area contributed by atoms with E-state index in [4.69, 9.17) is 0 Å². The normalized spacial score (nSPS) is 16.9. The highest BCUT2D eigenvalue weighted by molar-refractivity contribution is 5.41. The summed E-state index contributed by atoms with van der Waals surface area (Å²) in [6, 6.07) is 5.51. The van der Waals surface area contributed by atoms with Gasteiger partial charge < -0.3 is 5.32 Å². The van der Waals surface area contributed by atoms with Crippen molar-refractivity contribution in [2.45, 2.75) is 13.5 Å². The van der Waals surface area contributed by atoms with E-state index in [1.165, 1.54) is 0 Å². The molecule has 3 heterocycles. The van der Waals surface area contributed by atoms with Crippen LogP contribution in [0.1, 0.15) is 11.3 Å². The number of hydrogen-bond acceptors (Lipinski definition) is 4. The van der Waals surface area contributed by atoms with Crippen molar-refractivity contribution in [1.29, 1.82) is 0 Å². The van der Waals surface area contributed by atoms with E-state index < -0.39 is 0 Å². The van der Waals surface area contributed by atoms with Gasteiger partial charge in [-0.2, -0.15) is 0 Å².